The summed E-state index contributed by atoms with van der Waals surface area (Å²) in [5, 5.41) is 2.12. The minimum absolute atomic E-state index is 0.505. The Bertz CT molecular complexity index is 393. The van der Waals surface area contributed by atoms with Gasteiger partial charge < -0.3 is 4.90 Å². The van der Waals surface area contributed by atoms with E-state index in [9.17, 15) is 0 Å². The molecule has 3 rings (SSSR count). The molecule has 0 aliphatic heterocycles. The molecule has 0 unspecified atom stereocenters. The summed E-state index contributed by atoms with van der Waals surface area (Å²) in [5.74, 6) is 6.50. The fraction of sp³-hybridized carbons (Fsp3) is 0.583. The first-order chi connectivity index (χ1) is 8.36. The second-order valence-corrected chi connectivity index (χ2v) is 5.80. The van der Waals surface area contributed by atoms with E-state index < -0.39 is 0 Å². The first kappa shape index (κ1) is 11.0. The Kier molecular flexibility index (Phi) is 3.03. The van der Waals surface area contributed by atoms with Gasteiger partial charge in [-0.1, -0.05) is 6.07 Å². The molecule has 0 aromatic carbocycles. The Hall–Kier alpha value is -1.07. The minimum Gasteiger partial charge on any atom is -0.334 e. The van der Waals surface area contributed by atoms with E-state index in [1.165, 1.54) is 30.6 Å². The zero-order valence-electron chi connectivity index (χ0n) is 9.80. The van der Waals surface area contributed by atoms with E-state index in [1.54, 1.807) is 11.3 Å². The molecule has 17 heavy (non-hydrogen) atoms. The highest BCUT2D eigenvalue weighted by atomic mass is 32.1. The molecule has 2 fully saturated rings. The molecule has 3 N–H and O–H groups in total. The standard InChI is InChI=1S/C12H18N4S/c13-15-12(14-9-3-4-9)16(10-5-6-10)8-11-2-1-7-17-11/h1-2,7,9-10H,3-6,8,13H2,(H,14,15). The first-order valence-electron chi connectivity index (χ1n) is 6.20. The van der Waals surface area contributed by atoms with Crippen LogP contribution in [0.25, 0.3) is 0 Å². The van der Waals surface area contributed by atoms with Gasteiger partial charge in [-0.15, -0.1) is 11.3 Å². The van der Waals surface area contributed by atoms with Gasteiger partial charge in [-0.2, -0.15) is 0 Å². The van der Waals surface area contributed by atoms with Crippen LogP contribution in [-0.2, 0) is 6.54 Å². The first-order valence-corrected chi connectivity index (χ1v) is 7.08. The maximum Gasteiger partial charge on any atom is 0.209 e. The summed E-state index contributed by atoms with van der Waals surface area (Å²) in [6, 6.07) is 5.40. The van der Waals surface area contributed by atoms with Crippen LogP contribution in [0.5, 0.6) is 0 Å². The van der Waals surface area contributed by atoms with Gasteiger partial charge in [-0.05, 0) is 37.1 Å². The number of hydrogen-bond donors (Lipinski definition) is 2. The molecule has 92 valence electrons. The summed E-state index contributed by atoms with van der Waals surface area (Å²) in [7, 11) is 0. The van der Waals surface area contributed by atoms with Crippen molar-refractivity contribution in [2.75, 3.05) is 0 Å². The highest BCUT2D eigenvalue weighted by molar-refractivity contribution is 7.09. The van der Waals surface area contributed by atoms with Gasteiger partial charge in [0, 0.05) is 10.9 Å². The quantitative estimate of drug-likeness (QED) is 0.370. The Morgan fingerprint density at radius 2 is 2.29 bits per heavy atom. The van der Waals surface area contributed by atoms with Crippen molar-refractivity contribution in [1.82, 2.24) is 10.3 Å². The van der Waals surface area contributed by atoms with Crippen LogP contribution in [0.15, 0.2) is 22.5 Å². The lowest BCUT2D eigenvalue weighted by Crippen LogP contribution is -2.45. The molecular formula is C12H18N4S. The number of nitrogens with two attached hydrogens (primary N) is 1. The molecule has 1 aromatic rings. The van der Waals surface area contributed by atoms with Gasteiger partial charge in [0.1, 0.15) is 0 Å². The summed E-state index contributed by atoms with van der Waals surface area (Å²) in [4.78, 5) is 8.35. The molecule has 0 amide bonds. The molecule has 0 atom stereocenters. The van der Waals surface area contributed by atoms with Gasteiger partial charge in [-0.3, -0.25) is 5.43 Å². The summed E-state index contributed by atoms with van der Waals surface area (Å²) < 4.78 is 0. The van der Waals surface area contributed by atoms with Crippen LogP contribution in [0.1, 0.15) is 30.6 Å². The van der Waals surface area contributed by atoms with Crippen molar-refractivity contribution in [2.24, 2.45) is 10.8 Å². The molecule has 1 aromatic heterocycles. The maximum absolute atomic E-state index is 5.63. The summed E-state index contributed by atoms with van der Waals surface area (Å²) >= 11 is 1.79. The lowest BCUT2D eigenvalue weighted by atomic mass is 10.4. The Labute approximate surface area is 105 Å². The largest absolute Gasteiger partial charge is 0.334 e. The van der Waals surface area contributed by atoms with Crippen LogP contribution in [-0.4, -0.2) is 22.9 Å². The van der Waals surface area contributed by atoms with Crippen molar-refractivity contribution >= 4 is 17.3 Å². The van der Waals surface area contributed by atoms with E-state index in [0.29, 0.717) is 12.1 Å². The van der Waals surface area contributed by atoms with E-state index >= 15 is 0 Å². The summed E-state index contributed by atoms with van der Waals surface area (Å²) in [6.45, 7) is 0.929. The van der Waals surface area contributed by atoms with Crippen LogP contribution in [0.2, 0.25) is 0 Å². The molecule has 0 spiro atoms. The molecular weight excluding hydrogens is 232 g/mol. The normalized spacial score (nSPS) is 20.4. The third-order valence-electron chi connectivity index (χ3n) is 3.15. The summed E-state index contributed by atoms with van der Waals surface area (Å²) in [5.41, 5.74) is 2.79. The van der Waals surface area contributed by atoms with Crippen molar-refractivity contribution in [2.45, 2.75) is 44.3 Å². The van der Waals surface area contributed by atoms with E-state index in [1.807, 2.05) is 0 Å². The van der Waals surface area contributed by atoms with E-state index in [0.717, 1.165) is 12.5 Å². The number of aliphatic imine (C=N–C) groups is 1. The number of nitrogens with zero attached hydrogens (tertiary/aromatic N) is 2. The fourth-order valence-corrected chi connectivity index (χ4v) is 2.61. The van der Waals surface area contributed by atoms with E-state index in [2.05, 4.69) is 32.8 Å². The van der Waals surface area contributed by atoms with E-state index in [4.69, 9.17) is 5.84 Å². The molecule has 2 aliphatic carbocycles. The monoisotopic (exact) mass is 250 g/mol. The zero-order chi connectivity index (χ0) is 11.7. The predicted octanol–water partition coefficient (Wildman–Crippen LogP) is 1.69. The molecule has 4 nitrogen and oxygen atoms in total. The van der Waals surface area contributed by atoms with Crippen LogP contribution in [0.3, 0.4) is 0 Å². The van der Waals surface area contributed by atoms with Gasteiger partial charge in [0.25, 0.3) is 0 Å². The predicted molar refractivity (Wildman–Crippen MR) is 70.7 cm³/mol. The molecule has 1 heterocycles. The molecule has 2 aliphatic rings. The van der Waals surface area contributed by atoms with Crippen molar-refractivity contribution in [3.63, 3.8) is 0 Å². The van der Waals surface area contributed by atoms with Gasteiger partial charge in [0.2, 0.25) is 5.96 Å². The zero-order valence-corrected chi connectivity index (χ0v) is 10.6. The van der Waals surface area contributed by atoms with Crippen molar-refractivity contribution < 1.29 is 0 Å². The van der Waals surface area contributed by atoms with Gasteiger partial charge in [0.05, 0.1) is 12.6 Å². The minimum atomic E-state index is 0.505. The molecule has 0 radical (unpaired) electrons. The lowest BCUT2D eigenvalue weighted by Gasteiger charge is -2.25. The Balaban J connectivity index is 1.73. The van der Waals surface area contributed by atoms with Crippen molar-refractivity contribution in [3.05, 3.63) is 22.4 Å². The fourth-order valence-electron chi connectivity index (χ4n) is 1.90. The Morgan fingerprint density at radius 1 is 1.47 bits per heavy atom. The molecule has 0 bridgehead atoms. The van der Waals surface area contributed by atoms with Gasteiger partial charge >= 0.3 is 0 Å². The molecule has 0 saturated heterocycles. The SMILES string of the molecule is NNC(=NC1CC1)N(Cc1cccs1)C1CC1. The van der Waals surface area contributed by atoms with Crippen LogP contribution >= 0.6 is 11.3 Å². The lowest BCUT2D eigenvalue weighted by molar-refractivity contribution is 0.389. The highest BCUT2D eigenvalue weighted by Gasteiger charge is 2.32. The average molecular weight is 250 g/mol. The number of nitrogens with one attached hydrogen (secondary N) is 1. The third-order valence-corrected chi connectivity index (χ3v) is 4.01. The molecule has 2 saturated carbocycles. The van der Waals surface area contributed by atoms with Crippen LogP contribution in [0, 0.1) is 0 Å². The maximum atomic E-state index is 5.63. The second-order valence-electron chi connectivity index (χ2n) is 4.77. The topological polar surface area (TPSA) is 53.6 Å². The number of guanidine groups is 1. The van der Waals surface area contributed by atoms with Gasteiger partial charge in [-0.25, -0.2) is 10.8 Å². The average Bonchev–Trinajstić information content (AvgIpc) is 3.26. The highest BCUT2D eigenvalue weighted by Crippen LogP contribution is 2.30. The number of thiophene rings is 1. The van der Waals surface area contributed by atoms with E-state index in [-0.39, 0.29) is 0 Å². The van der Waals surface area contributed by atoms with Crippen LogP contribution in [0.4, 0.5) is 0 Å². The number of hydrogen-bond acceptors (Lipinski definition) is 3. The van der Waals surface area contributed by atoms with Crippen molar-refractivity contribution in [3.8, 4) is 0 Å². The number of hydrazine groups is 1. The summed E-state index contributed by atoms with van der Waals surface area (Å²) in [6.07, 6.45) is 4.94. The van der Waals surface area contributed by atoms with Crippen LogP contribution < -0.4 is 11.3 Å². The smallest absolute Gasteiger partial charge is 0.209 e. The van der Waals surface area contributed by atoms with Crippen molar-refractivity contribution in [1.29, 1.82) is 0 Å². The second kappa shape index (κ2) is 4.66. The third kappa shape index (κ3) is 2.79. The number of rotatable bonds is 4. The Morgan fingerprint density at radius 3 is 2.82 bits per heavy atom. The van der Waals surface area contributed by atoms with Gasteiger partial charge in [0.15, 0.2) is 0 Å². The molecule has 5 heteroatoms.